The van der Waals surface area contributed by atoms with E-state index in [1.54, 1.807) is 0 Å². The molecule has 0 saturated heterocycles. The zero-order valence-corrected chi connectivity index (χ0v) is 9.88. The normalized spacial score (nSPS) is 12.5. The second kappa shape index (κ2) is 7.26. The van der Waals surface area contributed by atoms with Gasteiger partial charge in [0.05, 0.1) is 0 Å². The lowest BCUT2D eigenvalue weighted by Crippen LogP contribution is -2.29. The summed E-state index contributed by atoms with van der Waals surface area (Å²) in [4.78, 5) is 21.8. The highest BCUT2D eigenvalue weighted by Crippen LogP contribution is 2.04. The molecule has 1 unspecified atom stereocenters. The maximum atomic E-state index is 11.3. The molecule has 4 heteroatoms. The fourth-order valence-corrected chi connectivity index (χ4v) is 1.22. The number of nitrogens with one attached hydrogen (secondary N) is 1. The van der Waals surface area contributed by atoms with Crippen LogP contribution in [0.5, 0.6) is 0 Å². The summed E-state index contributed by atoms with van der Waals surface area (Å²) in [7, 11) is 0. The molecule has 0 rings (SSSR count). The van der Waals surface area contributed by atoms with Gasteiger partial charge in [-0.3, -0.25) is 9.59 Å². The molecule has 0 aliphatic rings. The molecular formula is C11H22N2O2. The Balaban J connectivity index is 3.57. The number of hydrogen-bond donors (Lipinski definition) is 2. The molecule has 0 aromatic rings. The molecule has 0 fully saturated rings. The number of carbonyl (C=O) groups is 2. The maximum Gasteiger partial charge on any atom is 0.220 e. The van der Waals surface area contributed by atoms with Crippen LogP contribution in [-0.4, -0.2) is 18.4 Å². The zero-order valence-electron chi connectivity index (χ0n) is 9.88. The number of nitrogens with two attached hydrogens (primary N) is 1. The molecule has 0 aliphatic heterocycles. The standard InChI is InChI=1S/C11H22N2O2/c1-8(2)6-11(15)13-7-9(3)4-5-10(12)14/h8-9H,4-7H2,1-3H3,(H2,12,14)(H,13,15). The second-order valence-electron chi connectivity index (χ2n) is 4.51. The molecule has 0 aromatic carbocycles. The Morgan fingerprint density at radius 3 is 2.33 bits per heavy atom. The molecule has 0 spiro atoms. The lowest BCUT2D eigenvalue weighted by molar-refractivity contribution is -0.121. The first-order valence-electron chi connectivity index (χ1n) is 5.46. The highest BCUT2D eigenvalue weighted by molar-refractivity contribution is 5.76. The molecule has 0 heterocycles. The van der Waals surface area contributed by atoms with Crippen LogP contribution in [0.1, 0.15) is 40.0 Å². The molecule has 0 radical (unpaired) electrons. The summed E-state index contributed by atoms with van der Waals surface area (Å²) in [5, 5.41) is 2.85. The van der Waals surface area contributed by atoms with Gasteiger partial charge in [-0.2, -0.15) is 0 Å². The van der Waals surface area contributed by atoms with Crippen LogP contribution in [-0.2, 0) is 9.59 Å². The SMILES string of the molecule is CC(C)CC(=O)NCC(C)CCC(N)=O. The van der Waals surface area contributed by atoms with Gasteiger partial charge in [-0.05, 0) is 18.3 Å². The largest absolute Gasteiger partial charge is 0.370 e. The van der Waals surface area contributed by atoms with Crippen molar-refractivity contribution in [3.63, 3.8) is 0 Å². The van der Waals surface area contributed by atoms with Gasteiger partial charge in [0.15, 0.2) is 0 Å². The van der Waals surface area contributed by atoms with Gasteiger partial charge in [-0.15, -0.1) is 0 Å². The molecule has 0 bridgehead atoms. The van der Waals surface area contributed by atoms with Gasteiger partial charge >= 0.3 is 0 Å². The van der Waals surface area contributed by atoms with Crippen LogP contribution < -0.4 is 11.1 Å². The van der Waals surface area contributed by atoms with Crippen LogP contribution in [0.25, 0.3) is 0 Å². The lowest BCUT2D eigenvalue weighted by Gasteiger charge is -2.12. The quantitative estimate of drug-likeness (QED) is 0.665. The van der Waals surface area contributed by atoms with E-state index in [4.69, 9.17) is 5.73 Å². The highest BCUT2D eigenvalue weighted by Gasteiger charge is 2.08. The van der Waals surface area contributed by atoms with E-state index in [1.165, 1.54) is 0 Å². The summed E-state index contributed by atoms with van der Waals surface area (Å²) < 4.78 is 0. The van der Waals surface area contributed by atoms with Crippen LogP contribution in [0, 0.1) is 11.8 Å². The van der Waals surface area contributed by atoms with Crippen molar-refractivity contribution in [3.05, 3.63) is 0 Å². The third kappa shape index (κ3) is 9.25. The molecule has 1 atom stereocenters. The summed E-state index contributed by atoms with van der Waals surface area (Å²) in [6.45, 7) is 6.64. The van der Waals surface area contributed by atoms with Gasteiger partial charge in [-0.25, -0.2) is 0 Å². The first kappa shape index (κ1) is 13.9. The summed E-state index contributed by atoms with van der Waals surface area (Å²) in [5.41, 5.74) is 5.04. The van der Waals surface area contributed by atoms with E-state index >= 15 is 0 Å². The Hall–Kier alpha value is -1.06. The predicted octanol–water partition coefficient (Wildman–Crippen LogP) is 1.05. The molecule has 3 N–H and O–H groups in total. The second-order valence-corrected chi connectivity index (χ2v) is 4.51. The average molecular weight is 214 g/mol. The van der Waals surface area contributed by atoms with Gasteiger partial charge in [0.2, 0.25) is 11.8 Å². The average Bonchev–Trinajstić information content (AvgIpc) is 2.10. The number of carbonyl (C=O) groups excluding carboxylic acids is 2. The van der Waals surface area contributed by atoms with Crippen LogP contribution >= 0.6 is 0 Å². The number of primary amides is 1. The van der Waals surface area contributed by atoms with E-state index in [0.29, 0.717) is 31.2 Å². The minimum Gasteiger partial charge on any atom is -0.370 e. The summed E-state index contributed by atoms with van der Waals surface area (Å²) >= 11 is 0. The van der Waals surface area contributed by atoms with Gasteiger partial charge in [0, 0.05) is 19.4 Å². The summed E-state index contributed by atoms with van der Waals surface area (Å²) in [6.07, 6.45) is 1.68. The molecule has 0 aliphatic carbocycles. The first-order chi connectivity index (χ1) is 6.91. The van der Waals surface area contributed by atoms with E-state index in [9.17, 15) is 9.59 Å². The summed E-state index contributed by atoms with van der Waals surface area (Å²) in [5.74, 6) is 0.478. The van der Waals surface area contributed by atoms with E-state index < -0.39 is 0 Å². The van der Waals surface area contributed by atoms with Gasteiger partial charge in [-0.1, -0.05) is 20.8 Å². The molecule has 0 saturated carbocycles. The number of hydrogen-bond acceptors (Lipinski definition) is 2. The third-order valence-electron chi connectivity index (χ3n) is 2.12. The van der Waals surface area contributed by atoms with E-state index in [2.05, 4.69) is 5.32 Å². The Labute approximate surface area is 91.6 Å². The minimum atomic E-state index is -0.282. The van der Waals surface area contributed by atoms with Crippen molar-refractivity contribution in [2.45, 2.75) is 40.0 Å². The highest BCUT2D eigenvalue weighted by atomic mass is 16.1. The minimum absolute atomic E-state index is 0.0796. The van der Waals surface area contributed by atoms with Crippen LogP contribution in [0.2, 0.25) is 0 Å². The van der Waals surface area contributed by atoms with Crippen LogP contribution in [0.4, 0.5) is 0 Å². The summed E-state index contributed by atoms with van der Waals surface area (Å²) in [6, 6.07) is 0. The number of amides is 2. The third-order valence-corrected chi connectivity index (χ3v) is 2.12. The molecule has 2 amide bonds. The van der Waals surface area contributed by atoms with E-state index in [1.807, 2.05) is 20.8 Å². The fraction of sp³-hybridized carbons (Fsp3) is 0.818. The van der Waals surface area contributed by atoms with E-state index in [0.717, 1.165) is 6.42 Å². The zero-order chi connectivity index (χ0) is 11.8. The Morgan fingerprint density at radius 2 is 1.87 bits per heavy atom. The molecule has 88 valence electrons. The van der Waals surface area contributed by atoms with Crippen LogP contribution in [0.3, 0.4) is 0 Å². The van der Waals surface area contributed by atoms with Crippen molar-refractivity contribution in [2.75, 3.05) is 6.54 Å². The Morgan fingerprint density at radius 1 is 1.27 bits per heavy atom. The smallest absolute Gasteiger partial charge is 0.220 e. The van der Waals surface area contributed by atoms with Crippen molar-refractivity contribution in [3.8, 4) is 0 Å². The molecule has 0 aromatic heterocycles. The van der Waals surface area contributed by atoms with E-state index in [-0.39, 0.29) is 11.8 Å². The Bertz CT molecular complexity index is 215. The lowest BCUT2D eigenvalue weighted by atomic mass is 10.1. The van der Waals surface area contributed by atoms with Crippen LogP contribution in [0.15, 0.2) is 0 Å². The van der Waals surface area contributed by atoms with Crippen molar-refractivity contribution < 1.29 is 9.59 Å². The topological polar surface area (TPSA) is 72.2 Å². The predicted molar refractivity (Wildman–Crippen MR) is 60.1 cm³/mol. The van der Waals surface area contributed by atoms with Crippen molar-refractivity contribution >= 4 is 11.8 Å². The van der Waals surface area contributed by atoms with Gasteiger partial charge in [0.1, 0.15) is 0 Å². The molecular weight excluding hydrogens is 192 g/mol. The monoisotopic (exact) mass is 214 g/mol. The molecule has 15 heavy (non-hydrogen) atoms. The first-order valence-corrected chi connectivity index (χ1v) is 5.46. The molecule has 4 nitrogen and oxygen atoms in total. The maximum absolute atomic E-state index is 11.3. The van der Waals surface area contributed by atoms with Crippen molar-refractivity contribution in [2.24, 2.45) is 17.6 Å². The Kier molecular flexibility index (Phi) is 6.75. The fourth-order valence-electron chi connectivity index (χ4n) is 1.22. The van der Waals surface area contributed by atoms with Crippen molar-refractivity contribution in [1.82, 2.24) is 5.32 Å². The number of rotatable bonds is 7. The van der Waals surface area contributed by atoms with Crippen molar-refractivity contribution in [1.29, 1.82) is 0 Å². The van der Waals surface area contributed by atoms with Gasteiger partial charge < -0.3 is 11.1 Å². The van der Waals surface area contributed by atoms with Gasteiger partial charge in [0.25, 0.3) is 0 Å².